The SMILES string of the molecule is CC[C@@H](C(=O)NC(C)C)N(Cc1cccc(C)c1)C(=O)CN(c1ccccc1F)S(=O)(=O)c1ccccc1. The van der Waals surface area contributed by atoms with Crippen LogP contribution in [0.5, 0.6) is 0 Å². The summed E-state index contributed by atoms with van der Waals surface area (Å²) in [5.41, 5.74) is 1.52. The summed E-state index contributed by atoms with van der Waals surface area (Å²) in [7, 11) is -4.31. The highest BCUT2D eigenvalue weighted by Gasteiger charge is 2.34. The van der Waals surface area contributed by atoms with E-state index in [2.05, 4.69) is 5.32 Å². The van der Waals surface area contributed by atoms with E-state index in [0.29, 0.717) is 6.42 Å². The number of para-hydroxylation sites is 1. The number of hydrogen-bond acceptors (Lipinski definition) is 4. The van der Waals surface area contributed by atoms with Gasteiger partial charge in [0.05, 0.1) is 10.6 Å². The van der Waals surface area contributed by atoms with Crippen LogP contribution >= 0.6 is 0 Å². The van der Waals surface area contributed by atoms with Crippen molar-refractivity contribution in [3.05, 3.63) is 95.8 Å². The van der Waals surface area contributed by atoms with Crippen LogP contribution in [0.25, 0.3) is 0 Å². The van der Waals surface area contributed by atoms with E-state index in [9.17, 15) is 22.4 Å². The Labute approximate surface area is 224 Å². The van der Waals surface area contributed by atoms with E-state index >= 15 is 0 Å². The fourth-order valence-corrected chi connectivity index (χ4v) is 5.64. The normalized spacial score (nSPS) is 12.2. The van der Waals surface area contributed by atoms with Crippen molar-refractivity contribution in [2.24, 2.45) is 0 Å². The maximum absolute atomic E-state index is 14.9. The molecule has 3 aromatic carbocycles. The predicted molar refractivity (Wildman–Crippen MR) is 146 cm³/mol. The van der Waals surface area contributed by atoms with Crippen LogP contribution in [0.1, 0.15) is 38.3 Å². The summed E-state index contributed by atoms with van der Waals surface area (Å²) < 4.78 is 43.1. The third-order valence-electron chi connectivity index (χ3n) is 5.98. The molecule has 0 heterocycles. The van der Waals surface area contributed by atoms with E-state index in [4.69, 9.17) is 0 Å². The van der Waals surface area contributed by atoms with Crippen LogP contribution in [0.3, 0.4) is 0 Å². The van der Waals surface area contributed by atoms with Crippen molar-refractivity contribution in [3.8, 4) is 0 Å². The Morgan fingerprint density at radius 1 is 0.947 bits per heavy atom. The summed E-state index contributed by atoms with van der Waals surface area (Å²) >= 11 is 0. The second-order valence-corrected chi connectivity index (χ2v) is 11.2. The minimum atomic E-state index is -4.31. The molecule has 1 N–H and O–H groups in total. The molecule has 7 nitrogen and oxygen atoms in total. The number of anilines is 1. The lowest BCUT2D eigenvalue weighted by Gasteiger charge is -2.33. The fourth-order valence-electron chi connectivity index (χ4n) is 4.19. The van der Waals surface area contributed by atoms with E-state index in [0.717, 1.165) is 21.5 Å². The van der Waals surface area contributed by atoms with Crippen molar-refractivity contribution in [1.82, 2.24) is 10.2 Å². The quantitative estimate of drug-likeness (QED) is 0.384. The van der Waals surface area contributed by atoms with Crippen LogP contribution in [0.2, 0.25) is 0 Å². The lowest BCUT2D eigenvalue weighted by molar-refractivity contribution is -0.140. The first-order valence-electron chi connectivity index (χ1n) is 12.5. The third kappa shape index (κ3) is 6.98. The van der Waals surface area contributed by atoms with Gasteiger partial charge in [-0.2, -0.15) is 0 Å². The molecule has 3 aromatic rings. The number of hydrogen-bond donors (Lipinski definition) is 1. The number of amides is 2. The van der Waals surface area contributed by atoms with E-state index < -0.39 is 34.3 Å². The number of nitrogens with zero attached hydrogens (tertiary/aromatic N) is 2. The van der Waals surface area contributed by atoms with Gasteiger partial charge in [-0.25, -0.2) is 12.8 Å². The summed E-state index contributed by atoms with van der Waals surface area (Å²) in [6, 6.07) is 19.5. The smallest absolute Gasteiger partial charge is 0.264 e. The molecular formula is C29H34FN3O4S. The monoisotopic (exact) mass is 539 g/mol. The van der Waals surface area contributed by atoms with Crippen LogP contribution in [0, 0.1) is 12.7 Å². The highest BCUT2D eigenvalue weighted by Crippen LogP contribution is 2.27. The predicted octanol–water partition coefficient (Wildman–Crippen LogP) is 4.66. The average molecular weight is 540 g/mol. The van der Waals surface area contributed by atoms with Crippen LogP contribution < -0.4 is 9.62 Å². The summed E-state index contributed by atoms with van der Waals surface area (Å²) in [6.45, 7) is 6.76. The largest absolute Gasteiger partial charge is 0.352 e. The van der Waals surface area contributed by atoms with Gasteiger partial charge in [-0.15, -0.1) is 0 Å². The van der Waals surface area contributed by atoms with Gasteiger partial charge < -0.3 is 10.2 Å². The molecule has 3 rings (SSSR count). The molecule has 0 bridgehead atoms. The maximum Gasteiger partial charge on any atom is 0.264 e. The molecule has 0 unspecified atom stereocenters. The average Bonchev–Trinajstić information content (AvgIpc) is 2.87. The van der Waals surface area contributed by atoms with Crippen LogP contribution in [-0.2, 0) is 26.2 Å². The number of halogens is 1. The Morgan fingerprint density at radius 2 is 1.61 bits per heavy atom. The molecule has 0 radical (unpaired) electrons. The molecule has 38 heavy (non-hydrogen) atoms. The van der Waals surface area contributed by atoms with Gasteiger partial charge in [0.15, 0.2) is 0 Å². The second kappa shape index (κ2) is 12.7. The number of nitrogens with one attached hydrogen (secondary N) is 1. The number of carbonyl (C=O) groups excluding carboxylic acids is 2. The molecule has 0 aromatic heterocycles. The lowest BCUT2D eigenvalue weighted by Crippen LogP contribution is -2.53. The first-order chi connectivity index (χ1) is 18.0. The fraction of sp³-hybridized carbons (Fsp3) is 0.310. The van der Waals surface area contributed by atoms with Crippen molar-refractivity contribution in [3.63, 3.8) is 0 Å². The van der Waals surface area contributed by atoms with Gasteiger partial charge >= 0.3 is 0 Å². The maximum atomic E-state index is 14.9. The van der Waals surface area contributed by atoms with Gasteiger partial charge in [-0.1, -0.05) is 67.1 Å². The number of aryl methyl sites for hydroxylation is 1. The standard InChI is InChI=1S/C29H34FN3O4S/c1-5-26(29(35)31-21(2)3)32(19-23-13-11-12-22(4)18-23)28(34)20-33(27-17-10-9-16-25(27)30)38(36,37)24-14-7-6-8-15-24/h6-18,21,26H,5,19-20H2,1-4H3,(H,31,35)/t26-/m0/s1. The van der Waals surface area contributed by atoms with E-state index in [1.807, 2.05) is 45.0 Å². The number of rotatable bonds is 11. The van der Waals surface area contributed by atoms with Gasteiger partial charge in [0.25, 0.3) is 10.0 Å². The summed E-state index contributed by atoms with van der Waals surface area (Å²) in [4.78, 5) is 28.3. The van der Waals surface area contributed by atoms with E-state index in [1.54, 1.807) is 25.1 Å². The van der Waals surface area contributed by atoms with Crippen LogP contribution in [0.4, 0.5) is 10.1 Å². The van der Waals surface area contributed by atoms with Crippen LogP contribution in [0.15, 0.2) is 83.8 Å². The summed E-state index contributed by atoms with van der Waals surface area (Å²) in [5.74, 6) is -1.75. The van der Waals surface area contributed by atoms with Crippen LogP contribution in [-0.4, -0.2) is 43.8 Å². The topological polar surface area (TPSA) is 86.8 Å². The van der Waals surface area contributed by atoms with Gasteiger partial charge in [0.1, 0.15) is 18.4 Å². The first-order valence-corrected chi connectivity index (χ1v) is 14.0. The minimum absolute atomic E-state index is 0.0779. The molecule has 2 amide bonds. The van der Waals surface area contributed by atoms with Crippen molar-refractivity contribution in [2.75, 3.05) is 10.8 Å². The Hall–Kier alpha value is -3.72. The second-order valence-electron chi connectivity index (χ2n) is 9.37. The molecule has 0 fully saturated rings. The van der Waals surface area contributed by atoms with Crippen molar-refractivity contribution < 1.29 is 22.4 Å². The van der Waals surface area contributed by atoms with Crippen molar-refractivity contribution in [1.29, 1.82) is 0 Å². The zero-order valence-corrected chi connectivity index (χ0v) is 22.9. The molecular weight excluding hydrogens is 505 g/mol. The molecule has 1 atom stereocenters. The Morgan fingerprint density at radius 3 is 2.21 bits per heavy atom. The number of sulfonamides is 1. The van der Waals surface area contributed by atoms with Gasteiger partial charge in [-0.3, -0.25) is 13.9 Å². The highest BCUT2D eigenvalue weighted by atomic mass is 32.2. The first kappa shape index (κ1) is 28.8. The Bertz CT molecular complexity index is 1360. The van der Waals surface area contributed by atoms with Gasteiger partial charge in [-0.05, 0) is 57.0 Å². The van der Waals surface area contributed by atoms with Crippen molar-refractivity contribution >= 4 is 27.5 Å². The molecule has 0 aliphatic heterocycles. The lowest BCUT2D eigenvalue weighted by atomic mass is 10.1. The number of carbonyl (C=O) groups is 2. The molecule has 202 valence electrons. The molecule has 0 saturated heterocycles. The van der Waals surface area contributed by atoms with Gasteiger partial charge in [0.2, 0.25) is 11.8 Å². The van der Waals surface area contributed by atoms with Gasteiger partial charge in [0, 0.05) is 12.6 Å². The zero-order chi connectivity index (χ0) is 27.9. The highest BCUT2D eigenvalue weighted by molar-refractivity contribution is 7.92. The van der Waals surface area contributed by atoms with E-state index in [-0.39, 0.29) is 29.1 Å². The number of benzene rings is 3. The molecule has 0 aliphatic carbocycles. The zero-order valence-electron chi connectivity index (χ0n) is 22.1. The molecule has 0 saturated carbocycles. The van der Waals surface area contributed by atoms with E-state index in [1.165, 1.54) is 35.2 Å². The molecule has 0 spiro atoms. The van der Waals surface area contributed by atoms with Crippen molar-refractivity contribution in [2.45, 2.75) is 57.6 Å². The Kier molecular flexibility index (Phi) is 9.63. The molecule has 0 aliphatic rings. The summed E-state index contributed by atoms with van der Waals surface area (Å²) in [5, 5.41) is 2.85. The minimum Gasteiger partial charge on any atom is -0.352 e. The third-order valence-corrected chi connectivity index (χ3v) is 7.76. The molecule has 9 heteroatoms. The Balaban J connectivity index is 2.07. The summed E-state index contributed by atoms with van der Waals surface area (Å²) in [6.07, 6.45) is 0.307.